The molecule has 0 N–H and O–H groups in total. The van der Waals surface area contributed by atoms with Crippen molar-refractivity contribution in [3.05, 3.63) is 47.5 Å². The summed E-state index contributed by atoms with van der Waals surface area (Å²) in [5, 5.41) is 0. The largest absolute Gasteiger partial charge is 0.307 e. The van der Waals surface area contributed by atoms with Gasteiger partial charge in [0.25, 0.3) is 5.91 Å². The van der Waals surface area contributed by atoms with E-state index in [-0.39, 0.29) is 16.5 Å². The Bertz CT molecular complexity index is 938. The van der Waals surface area contributed by atoms with Gasteiger partial charge in [-0.25, -0.2) is 13.4 Å². The molecule has 1 amide bonds. The van der Waals surface area contributed by atoms with Gasteiger partial charge in [-0.15, -0.1) is 0 Å². The number of anilines is 1. The molecule has 3 rings (SSSR count). The fourth-order valence-corrected chi connectivity index (χ4v) is 4.81. The maximum Gasteiger partial charge on any atom is 0.278 e. The highest BCUT2D eigenvalue weighted by Crippen LogP contribution is 2.31. The molecule has 0 saturated heterocycles. The van der Waals surface area contributed by atoms with Crippen LogP contribution < -0.4 is 4.90 Å². The lowest BCUT2D eigenvalue weighted by Gasteiger charge is -2.30. The van der Waals surface area contributed by atoms with E-state index in [1.165, 1.54) is 10.5 Å². The third-order valence-electron chi connectivity index (χ3n) is 4.76. The number of fused-ring (bicyclic) bond motifs is 1. The summed E-state index contributed by atoms with van der Waals surface area (Å²) in [6, 6.07) is 5.01. The summed E-state index contributed by atoms with van der Waals surface area (Å²) in [6.07, 6.45) is 4.55. The average Bonchev–Trinajstić information content (AvgIpc) is 2.68. The zero-order valence-corrected chi connectivity index (χ0v) is 16.7. The first kappa shape index (κ1) is 19.4. The number of carbonyl (C=O) groups is 1. The Morgan fingerprint density at radius 3 is 2.56 bits per heavy atom. The quantitative estimate of drug-likeness (QED) is 0.785. The van der Waals surface area contributed by atoms with Crippen molar-refractivity contribution in [1.82, 2.24) is 14.3 Å². The van der Waals surface area contributed by atoms with Crippen molar-refractivity contribution in [3.63, 3.8) is 0 Å². The summed E-state index contributed by atoms with van der Waals surface area (Å²) < 4.78 is 27.0. The van der Waals surface area contributed by atoms with Crippen molar-refractivity contribution in [2.45, 2.75) is 38.5 Å². The molecule has 0 fully saturated rings. The number of aromatic nitrogens is 2. The molecule has 1 aromatic carbocycles. The fourth-order valence-electron chi connectivity index (χ4n) is 3.30. The number of hydrogen-bond acceptors (Lipinski definition) is 5. The Morgan fingerprint density at radius 1 is 1.19 bits per heavy atom. The maximum absolute atomic E-state index is 12.9. The van der Waals surface area contributed by atoms with Crippen LogP contribution in [0, 0.1) is 6.92 Å². The van der Waals surface area contributed by atoms with Crippen molar-refractivity contribution >= 4 is 21.6 Å². The van der Waals surface area contributed by atoms with Gasteiger partial charge >= 0.3 is 0 Å². The third-order valence-corrected chi connectivity index (χ3v) is 6.80. The van der Waals surface area contributed by atoms with E-state index in [0.29, 0.717) is 19.6 Å². The summed E-state index contributed by atoms with van der Waals surface area (Å²) >= 11 is 0. The SMILES string of the molecule is CCN(CC)S(=O)(=O)c1ccc2c(c1)CCCN2C(=O)c1cnc(C)cn1. The molecule has 1 aromatic heterocycles. The Morgan fingerprint density at radius 2 is 1.93 bits per heavy atom. The predicted octanol–water partition coefficient (Wildman–Crippen LogP) is 2.41. The summed E-state index contributed by atoms with van der Waals surface area (Å²) in [4.78, 5) is 23.1. The van der Waals surface area contributed by atoms with Gasteiger partial charge in [-0.3, -0.25) is 9.78 Å². The summed E-state index contributed by atoms with van der Waals surface area (Å²) in [5.74, 6) is -0.220. The lowest BCUT2D eigenvalue weighted by Crippen LogP contribution is -2.36. The first-order chi connectivity index (χ1) is 12.9. The highest BCUT2D eigenvalue weighted by molar-refractivity contribution is 7.89. The van der Waals surface area contributed by atoms with Gasteiger partial charge in [0, 0.05) is 31.5 Å². The molecule has 0 unspecified atom stereocenters. The molecule has 1 aliphatic rings. The minimum Gasteiger partial charge on any atom is -0.307 e. The van der Waals surface area contributed by atoms with Gasteiger partial charge in [0.1, 0.15) is 5.69 Å². The lowest BCUT2D eigenvalue weighted by molar-refractivity contribution is 0.0980. The van der Waals surface area contributed by atoms with Crippen LogP contribution in [0.3, 0.4) is 0 Å². The highest BCUT2D eigenvalue weighted by atomic mass is 32.2. The Hall–Kier alpha value is -2.32. The fraction of sp³-hybridized carbons (Fsp3) is 0.421. The second kappa shape index (κ2) is 7.74. The Kier molecular flexibility index (Phi) is 5.57. The van der Waals surface area contributed by atoms with Crippen molar-refractivity contribution in [2.24, 2.45) is 0 Å². The van der Waals surface area contributed by atoms with Crippen LogP contribution in [0.1, 0.15) is 42.0 Å². The maximum atomic E-state index is 12.9. The number of carbonyl (C=O) groups excluding carboxylic acids is 1. The number of benzene rings is 1. The summed E-state index contributed by atoms with van der Waals surface area (Å²) in [7, 11) is -3.52. The number of amides is 1. The van der Waals surface area contributed by atoms with E-state index in [4.69, 9.17) is 0 Å². The molecule has 0 spiro atoms. The Labute approximate surface area is 160 Å². The van der Waals surface area contributed by atoms with Gasteiger partial charge < -0.3 is 4.90 Å². The molecule has 8 heteroatoms. The number of nitrogens with zero attached hydrogens (tertiary/aromatic N) is 4. The lowest BCUT2D eigenvalue weighted by atomic mass is 10.0. The number of aryl methyl sites for hydroxylation is 2. The standard InChI is InChI=1S/C19H24N4O3S/c1-4-22(5-2)27(25,26)16-8-9-18-15(11-16)7-6-10-23(18)19(24)17-13-20-14(3)12-21-17/h8-9,11-13H,4-7,10H2,1-3H3. The van der Waals surface area contributed by atoms with Crippen molar-refractivity contribution in [1.29, 1.82) is 0 Å². The van der Waals surface area contributed by atoms with Crippen LogP contribution in [-0.4, -0.2) is 48.2 Å². The van der Waals surface area contributed by atoms with E-state index < -0.39 is 10.0 Å². The van der Waals surface area contributed by atoms with E-state index in [1.807, 2.05) is 20.8 Å². The van der Waals surface area contributed by atoms with E-state index >= 15 is 0 Å². The van der Waals surface area contributed by atoms with Gasteiger partial charge in [-0.1, -0.05) is 13.8 Å². The van der Waals surface area contributed by atoms with Crippen LogP contribution in [0.25, 0.3) is 0 Å². The molecule has 27 heavy (non-hydrogen) atoms. The van der Waals surface area contributed by atoms with Gasteiger partial charge in [0.15, 0.2) is 0 Å². The molecular weight excluding hydrogens is 364 g/mol. The monoisotopic (exact) mass is 388 g/mol. The van der Waals surface area contributed by atoms with Crippen LogP contribution >= 0.6 is 0 Å². The molecule has 0 radical (unpaired) electrons. The molecular formula is C19H24N4O3S. The van der Waals surface area contributed by atoms with Gasteiger partial charge in [-0.05, 0) is 43.5 Å². The van der Waals surface area contributed by atoms with E-state index in [1.54, 1.807) is 29.3 Å². The van der Waals surface area contributed by atoms with Crippen molar-refractivity contribution in [2.75, 3.05) is 24.5 Å². The zero-order valence-electron chi connectivity index (χ0n) is 15.8. The average molecular weight is 388 g/mol. The van der Waals surface area contributed by atoms with Crippen LogP contribution in [-0.2, 0) is 16.4 Å². The normalized spacial score (nSPS) is 14.3. The Balaban J connectivity index is 1.95. The smallest absolute Gasteiger partial charge is 0.278 e. The van der Waals surface area contributed by atoms with E-state index in [0.717, 1.165) is 29.8 Å². The van der Waals surface area contributed by atoms with Crippen molar-refractivity contribution < 1.29 is 13.2 Å². The van der Waals surface area contributed by atoms with Crippen LogP contribution in [0.5, 0.6) is 0 Å². The van der Waals surface area contributed by atoms with Crippen LogP contribution in [0.15, 0.2) is 35.5 Å². The minimum absolute atomic E-state index is 0.220. The zero-order chi connectivity index (χ0) is 19.6. The molecule has 0 bridgehead atoms. The number of hydrogen-bond donors (Lipinski definition) is 0. The van der Waals surface area contributed by atoms with E-state index in [2.05, 4.69) is 9.97 Å². The van der Waals surface area contributed by atoms with Gasteiger partial charge in [-0.2, -0.15) is 4.31 Å². The highest BCUT2D eigenvalue weighted by Gasteiger charge is 2.28. The van der Waals surface area contributed by atoms with E-state index in [9.17, 15) is 13.2 Å². The predicted molar refractivity (Wildman–Crippen MR) is 103 cm³/mol. The molecule has 0 saturated carbocycles. The molecule has 1 aliphatic heterocycles. The molecule has 0 atom stereocenters. The third kappa shape index (κ3) is 3.72. The molecule has 144 valence electrons. The first-order valence-electron chi connectivity index (χ1n) is 9.12. The van der Waals surface area contributed by atoms with Crippen LogP contribution in [0.2, 0.25) is 0 Å². The summed E-state index contributed by atoms with van der Waals surface area (Å²) in [6.45, 7) is 6.88. The number of sulfonamides is 1. The minimum atomic E-state index is -3.52. The number of rotatable bonds is 5. The molecule has 7 nitrogen and oxygen atoms in total. The summed E-state index contributed by atoms with van der Waals surface area (Å²) in [5.41, 5.74) is 2.64. The molecule has 2 aromatic rings. The topological polar surface area (TPSA) is 83.5 Å². The second-order valence-electron chi connectivity index (χ2n) is 6.48. The second-order valence-corrected chi connectivity index (χ2v) is 8.42. The van der Waals surface area contributed by atoms with Gasteiger partial charge in [0.2, 0.25) is 10.0 Å². The van der Waals surface area contributed by atoms with Crippen LogP contribution in [0.4, 0.5) is 5.69 Å². The van der Waals surface area contributed by atoms with Gasteiger partial charge in [0.05, 0.1) is 16.8 Å². The first-order valence-corrected chi connectivity index (χ1v) is 10.6. The van der Waals surface area contributed by atoms with Crippen molar-refractivity contribution in [3.8, 4) is 0 Å². The molecule has 0 aliphatic carbocycles. The molecule has 2 heterocycles.